The molecule has 0 radical (unpaired) electrons. The summed E-state index contributed by atoms with van der Waals surface area (Å²) in [6, 6.07) is 0.322. The lowest BCUT2D eigenvalue weighted by Gasteiger charge is -2.23. The van der Waals surface area contributed by atoms with E-state index in [1.54, 1.807) is 0 Å². The van der Waals surface area contributed by atoms with Gasteiger partial charge in [-0.3, -0.25) is 14.4 Å². The summed E-state index contributed by atoms with van der Waals surface area (Å²) in [5, 5.41) is 5.34. The highest BCUT2D eigenvalue weighted by atomic mass is 16.2. The van der Waals surface area contributed by atoms with Crippen LogP contribution in [-0.2, 0) is 14.4 Å². The summed E-state index contributed by atoms with van der Waals surface area (Å²) in [5.41, 5.74) is 0. The van der Waals surface area contributed by atoms with E-state index in [1.165, 1.54) is 12.8 Å². The lowest BCUT2D eigenvalue weighted by atomic mass is 10.1. The largest absolute Gasteiger partial charge is 0.355 e. The van der Waals surface area contributed by atoms with Gasteiger partial charge in [0.05, 0.1) is 12.5 Å². The molecule has 1 aliphatic heterocycles. The molecule has 1 saturated carbocycles. The molecule has 1 atom stereocenters. The van der Waals surface area contributed by atoms with Crippen LogP contribution in [0.25, 0.3) is 0 Å². The molecule has 1 saturated heterocycles. The SMILES string of the molecule is CCCNC(=O)CNC(=O)C1CC(=O)N(C2CCCC2)C1. The van der Waals surface area contributed by atoms with Gasteiger partial charge in [0.15, 0.2) is 0 Å². The zero-order valence-electron chi connectivity index (χ0n) is 12.7. The Balaban J connectivity index is 1.76. The standard InChI is InChI=1S/C15H25N3O3/c1-2-7-16-13(19)9-17-15(21)11-8-14(20)18(10-11)12-5-3-4-6-12/h11-12H,2-10H2,1H3,(H,16,19)(H,17,21). The maximum Gasteiger partial charge on any atom is 0.239 e. The molecule has 0 aromatic heterocycles. The van der Waals surface area contributed by atoms with Crippen LogP contribution in [0.1, 0.15) is 45.4 Å². The molecule has 1 heterocycles. The fourth-order valence-electron chi connectivity index (χ4n) is 3.11. The fourth-order valence-corrected chi connectivity index (χ4v) is 3.11. The summed E-state index contributed by atoms with van der Waals surface area (Å²) in [6.07, 6.45) is 5.59. The summed E-state index contributed by atoms with van der Waals surface area (Å²) in [7, 11) is 0. The highest BCUT2D eigenvalue weighted by molar-refractivity contribution is 5.91. The van der Waals surface area contributed by atoms with Crippen LogP contribution in [0.4, 0.5) is 0 Å². The van der Waals surface area contributed by atoms with Crippen LogP contribution in [0.15, 0.2) is 0 Å². The number of amides is 3. The first kappa shape index (κ1) is 15.8. The zero-order chi connectivity index (χ0) is 15.2. The first-order valence-electron chi connectivity index (χ1n) is 7.95. The highest BCUT2D eigenvalue weighted by Crippen LogP contribution is 2.29. The predicted octanol–water partition coefficient (Wildman–Crippen LogP) is 0.420. The average molecular weight is 295 g/mol. The van der Waals surface area contributed by atoms with Crippen LogP contribution in [0.3, 0.4) is 0 Å². The van der Waals surface area contributed by atoms with E-state index in [9.17, 15) is 14.4 Å². The van der Waals surface area contributed by atoms with Gasteiger partial charge >= 0.3 is 0 Å². The van der Waals surface area contributed by atoms with Crippen LogP contribution in [-0.4, -0.2) is 48.3 Å². The van der Waals surface area contributed by atoms with Crippen molar-refractivity contribution in [2.75, 3.05) is 19.6 Å². The van der Waals surface area contributed by atoms with Gasteiger partial charge < -0.3 is 15.5 Å². The summed E-state index contributed by atoms with van der Waals surface area (Å²) >= 11 is 0. The molecule has 2 N–H and O–H groups in total. The Kier molecular flexibility index (Phi) is 5.59. The second-order valence-electron chi connectivity index (χ2n) is 5.95. The molecule has 1 unspecified atom stereocenters. The molecule has 0 bridgehead atoms. The molecular formula is C15H25N3O3. The van der Waals surface area contributed by atoms with E-state index in [0.717, 1.165) is 19.3 Å². The van der Waals surface area contributed by atoms with E-state index in [0.29, 0.717) is 19.1 Å². The zero-order valence-corrected chi connectivity index (χ0v) is 12.7. The Bertz CT molecular complexity index is 405. The van der Waals surface area contributed by atoms with Gasteiger partial charge in [0.25, 0.3) is 0 Å². The summed E-state index contributed by atoms with van der Waals surface area (Å²) in [6.45, 7) is 3.09. The fraction of sp³-hybridized carbons (Fsp3) is 0.800. The van der Waals surface area contributed by atoms with Crippen LogP contribution in [0.5, 0.6) is 0 Å². The van der Waals surface area contributed by atoms with Crippen molar-refractivity contribution in [2.24, 2.45) is 5.92 Å². The van der Waals surface area contributed by atoms with Crippen molar-refractivity contribution >= 4 is 17.7 Å². The van der Waals surface area contributed by atoms with E-state index in [1.807, 2.05) is 11.8 Å². The number of carbonyl (C=O) groups excluding carboxylic acids is 3. The molecule has 2 fully saturated rings. The molecule has 21 heavy (non-hydrogen) atoms. The number of nitrogens with zero attached hydrogens (tertiary/aromatic N) is 1. The first-order valence-corrected chi connectivity index (χ1v) is 7.95. The number of hydrogen-bond donors (Lipinski definition) is 2. The van der Waals surface area contributed by atoms with Gasteiger partial charge in [0.2, 0.25) is 17.7 Å². The van der Waals surface area contributed by atoms with Gasteiger partial charge in [-0.1, -0.05) is 19.8 Å². The molecule has 0 aromatic rings. The predicted molar refractivity (Wildman–Crippen MR) is 78.4 cm³/mol. The molecule has 2 aliphatic rings. The van der Waals surface area contributed by atoms with Crippen LogP contribution >= 0.6 is 0 Å². The third-order valence-electron chi connectivity index (χ3n) is 4.29. The summed E-state index contributed by atoms with van der Waals surface area (Å²) in [4.78, 5) is 37.4. The molecule has 3 amide bonds. The minimum Gasteiger partial charge on any atom is -0.355 e. The minimum absolute atomic E-state index is 0.00699. The monoisotopic (exact) mass is 295 g/mol. The number of nitrogens with one attached hydrogen (secondary N) is 2. The Hall–Kier alpha value is -1.59. The molecule has 1 aliphatic carbocycles. The maximum atomic E-state index is 12.1. The maximum absolute atomic E-state index is 12.1. The Labute approximate surface area is 125 Å². The Morgan fingerprint density at radius 1 is 1.24 bits per heavy atom. The third kappa shape index (κ3) is 4.19. The second kappa shape index (κ2) is 7.43. The minimum atomic E-state index is -0.308. The van der Waals surface area contributed by atoms with Gasteiger partial charge in [0, 0.05) is 25.6 Å². The molecule has 6 nitrogen and oxygen atoms in total. The van der Waals surface area contributed by atoms with E-state index >= 15 is 0 Å². The van der Waals surface area contributed by atoms with Crippen molar-refractivity contribution in [3.8, 4) is 0 Å². The first-order chi connectivity index (χ1) is 10.1. The van der Waals surface area contributed by atoms with E-state index in [-0.39, 0.29) is 36.6 Å². The van der Waals surface area contributed by atoms with Gasteiger partial charge in [-0.15, -0.1) is 0 Å². The molecule has 2 rings (SSSR count). The van der Waals surface area contributed by atoms with Crippen LogP contribution in [0.2, 0.25) is 0 Å². The summed E-state index contributed by atoms with van der Waals surface area (Å²) in [5.74, 6) is -0.591. The van der Waals surface area contributed by atoms with Crippen molar-refractivity contribution in [1.29, 1.82) is 0 Å². The second-order valence-corrected chi connectivity index (χ2v) is 5.95. The third-order valence-corrected chi connectivity index (χ3v) is 4.29. The number of hydrogen-bond acceptors (Lipinski definition) is 3. The van der Waals surface area contributed by atoms with Crippen molar-refractivity contribution < 1.29 is 14.4 Å². The molecule has 118 valence electrons. The molecular weight excluding hydrogens is 270 g/mol. The van der Waals surface area contributed by atoms with E-state index in [4.69, 9.17) is 0 Å². The normalized spacial score (nSPS) is 22.6. The van der Waals surface area contributed by atoms with Crippen LogP contribution in [0, 0.1) is 5.92 Å². The van der Waals surface area contributed by atoms with Gasteiger partial charge in [0.1, 0.15) is 0 Å². The highest BCUT2D eigenvalue weighted by Gasteiger charge is 2.38. The average Bonchev–Trinajstić information content (AvgIpc) is 3.11. The van der Waals surface area contributed by atoms with Crippen molar-refractivity contribution in [2.45, 2.75) is 51.5 Å². The summed E-state index contributed by atoms with van der Waals surface area (Å²) < 4.78 is 0. The van der Waals surface area contributed by atoms with Gasteiger partial charge in [-0.25, -0.2) is 0 Å². The van der Waals surface area contributed by atoms with Crippen molar-refractivity contribution in [3.05, 3.63) is 0 Å². The lowest BCUT2D eigenvalue weighted by Crippen LogP contribution is -2.41. The molecule has 0 aromatic carbocycles. The Morgan fingerprint density at radius 2 is 1.95 bits per heavy atom. The van der Waals surface area contributed by atoms with E-state index in [2.05, 4.69) is 10.6 Å². The van der Waals surface area contributed by atoms with Crippen LogP contribution < -0.4 is 10.6 Å². The van der Waals surface area contributed by atoms with Gasteiger partial charge in [-0.05, 0) is 19.3 Å². The van der Waals surface area contributed by atoms with Crippen molar-refractivity contribution in [1.82, 2.24) is 15.5 Å². The number of rotatable bonds is 6. The van der Waals surface area contributed by atoms with Crippen molar-refractivity contribution in [3.63, 3.8) is 0 Å². The van der Waals surface area contributed by atoms with E-state index < -0.39 is 0 Å². The number of likely N-dealkylation sites (tertiary alicyclic amines) is 1. The topological polar surface area (TPSA) is 78.5 Å². The molecule has 0 spiro atoms. The Morgan fingerprint density at radius 3 is 2.62 bits per heavy atom. The number of carbonyl (C=O) groups is 3. The van der Waals surface area contributed by atoms with Gasteiger partial charge in [-0.2, -0.15) is 0 Å². The quantitative estimate of drug-likeness (QED) is 0.745. The smallest absolute Gasteiger partial charge is 0.239 e. The lowest BCUT2D eigenvalue weighted by molar-refractivity contribution is -0.130. The molecule has 6 heteroatoms.